The number of nitrogens with zero attached hydrogens (tertiary/aromatic N) is 3. The molecule has 2 heterocycles. The number of nitrogens with two attached hydrogens (primary N) is 1. The number of aromatic nitrogens is 3. The number of nitrogens with one attached hydrogen (secondary N) is 1. The Morgan fingerprint density at radius 2 is 1.68 bits per heavy atom. The van der Waals surface area contributed by atoms with Crippen molar-refractivity contribution < 1.29 is 32.1 Å². The predicted molar refractivity (Wildman–Crippen MR) is 120 cm³/mol. The van der Waals surface area contributed by atoms with Gasteiger partial charge in [0, 0.05) is 31.4 Å². The molecule has 9 nitrogen and oxygen atoms in total. The standard InChI is InChI=1S/C22H26F3N5O4/c1-12-28-17-8-18(33-4)19(34-15(10-31-2)11-32-3)7-16(17)21(29-12)27-9-14-5-13(26)6-20(30-14)22(23,24)25/h5-8,15H,9-11H2,1-4H3,(H2,26,30)(H,27,28,29). The summed E-state index contributed by atoms with van der Waals surface area (Å²) in [4.78, 5) is 12.5. The normalized spacial score (nSPS) is 11.8. The molecule has 2 aromatic heterocycles. The minimum atomic E-state index is -4.61. The molecule has 0 amide bonds. The lowest BCUT2D eigenvalue weighted by atomic mass is 10.2. The van der Waals surface area contributed by atoms with Gasteiger partial charge in [-0.1, -0.05) is 0 Å². The lowest BCUT2D eigenvalue weighted by Gasteiger charge is -2.20. The lowest BCUT2D eigenvalue weighted by molar-refractivity contribution is -0.141. The summed E-state index contributed by atoms with van der Waals surface area (Å²) >= 11 is 0. The summed E-state index contributed by atoms with van der Waals surface area (Å²) in [7, 11) is 4.61. The van der Waals surface area contributed by atoms with Crippen LogP contribution < -0.4 is 20.5 Å². The number of nitrogen functional groups attached to an aromatic ring is 1. The Morgan fingerprint density at radius 1 is 0.971 bits per heavy atom. The van der Waals surface area contributed by atoms with Crippen LogP contribution in [0.1, 0.15) is 17.2 Å². The molecule has 3 N–H and O–H groups in total. The fourth-order valence-electron chi connectivity index (χ4n) is 3.33. The molecule has 12 heteroatoms. The smallest absolute Gasteiger partial charge is 0.433 e. The summed E-state index contributed by atoms with van der Waals surface area (Å²) in [5.41, 5.74) is 5.22. The fraction of sp³-hybridized carbons (Fsp3) is 0.409. The van der Waals surface area contributed by atoms with Crippen molar-refractivity contribution >= 4 is 22.4 Å². The van der Waals surface area contributed by atoms with Gasteiger partial charge in [-0.25, -0.2) is 15.0 Å². The molecule has 0 aliphatic rings. The molecular weight excluding hydrogens is 455 g/mol. The number of ether oxygens (including phenoxy) is 4. The van der Waals surface area contributed by atoms with E-state index >= 15 is 0 Å². The predicted octanol–water partition coefficient (Wildman–Crippen LogP) is 3.60. The Kier molecular flexibility index (Phi) is 7.94. The van der Waals surface area contributed by atoms with Gasteiger partial charge in [0.05, 0.1) is 38.1 Å². The van der Waals surface area contributed by atoms with Gasteiger partial charge in [0.2, 0.25) is 0 Å². The van der Waals surface area contributed by atoms with Gasteiger partial charge in [0.1, 0.15) is 23.4 Å². The summed E-state index contributed by atoms with van der Waals surface area (Å²) in [6.07, 6.45) is -5.01. The van der Waals surface area contributed by atoms with Gasteiger partial charge in [-0.15, -0.1) is 0 Å². The molecule has 0 saturated heterocycles. The van der Waals surface area contributed by atoms with Gasteiger partial charge < -0.3 is 30.0 Å². The van der Waals surface area contributed by atoms with Crippen molar-refractivity contribution in [2.75, 3.05) is 45.6 Å². The number of halogens is 3. The summed E-state index contributed by atoms with van der Waals surface area (Å²) in [6.45, 7) is 2.23. The van der Waals surface area contributed by atoms with Crippen LogP contribution in [0.25, 0.3) is 10.9 Å². The first-order valence-electron chi connectivity index (χ1n) is 10.2. The number of hydrogen-bond donors (Lipinski definition) is 2. The van der Waals surface area contributed by atoms with Crippen LogP contribution in [-0.4, -0.2) is 55.6 Å². The third kappa shape index (κ3) is 6.14. The summed E-state index contributed by atoms with van der Waals surface area (Å²) < 4.78 is 61.1. The van der Waals surface area contributed by atoms with E-state index in [4.69, 9.17) is 24.7 Å². The Hall–Kier alpha value is -3.38. The first-order chi connectivity index (χ1) is 16.1. The molecule has 0 aliphatic heterocycles. The second-order valence-corrected chi connectivity index (χ2v) is 7.42. The van der Waals surface area contributed by atoms with Crippen LogP contribution in [0.15, 0.2) is 24.3 Å². The zero-order chi connectivity index (χ0) is 24.9. The van der Waals surface area contributed by atoms with Crippen LogP contribution in [0.5, 0.6) is 11.5 Å². The lowest BCUT2D eigenvalue weighted by Crippen LogP contribution is -2.27. The van der Waals surface area contributed by atoms with E-state index in [1.165, 1.54) is 13.2 Å². The Morgan fingerprint density at radius 3 is 2.29 bits per heavy atom. The third-order valence-electron chi connectivity index (χ3n) is 4.72. The number of hydrogen-bond acceptors (Lipinski definition) is 9. The average Bonchev–Trinajstić information content (AvgIpc) is 2.76. The monoisotopic (exact) mass is 481 g/mol. The van der Waals surface area contributed by atoms with Crippen LogP contribution in [0, 0.1) is 6.92 Å². The number of rotatable bonds is 10. The van der Waals surface area contributed by atoms with Crippen LogP contribution >= 0.6 is 0 Å². The van der Waals surface area contributed by atoms with E-state index in [9.17, 15) is 13.2 Å². The summed E-state index contributed by atoms with van der Waals surface area (Å²) in [5, 5.41) is 3.62. The van der Waals surface area contributed by atoms with Gasteiger partial charge in [0.25, 0.3) is 0 Å². The largest absolute Gasteiger partial charge is 0.493 e. The van der Waals surface area contributed by atoms with Crippen molar-refractivity contribution in [3.05, 3.63) is 41.5 Å². The minimum absolute atomic E-state index is 0.0365. The highest BCUT2D eigenvalue weighted by Crippen LogP contribution is 2.35. The summed E-state index contributed by atoms with van der Waals surface area (Å²) in [5.74, 6) is 1.70. The highest BCUT2D eigenvalue weighted by atomic mass is 19.4. The average molecular weight is 481 g/mol. The Labute approximate surface area is 194 Å². The van der Waals surface area contributed by atoms with Gasteiger partial charge >= 0.3 is 6.18 Å². The number of alkyl halides is 3. The SMILES string of the molecule is COCC(COC)Oc1cc2c(NCc3cc(N)cc(C(F)(F)F)n3)nc(C)nc2cc1OC. The molecular formula is C22H26F3N5O4. The van der Waals surface area contributed by atoms with Gasteiger partial charge in [-0.2, -0.15) is 13.2 Å². The number of methoxy groups -OCH3 is 3. The molecule has 0 radical (unpaired) electrons. The quantitative estimate of drug-likeness (QED) is 0.448. The molecule has 0 spiro atoms. The van der Waals surface area contributed by atoms with E-state index in [1.54, 1.807) is 33.3 Å². The zero-order valence-corrected chi connectivity index (χ0v) is 19.2. The molecule has 0 unspecified atom stereocenters. The number of aryl methyl sites for hydroxylation is 1. The Bertz CT molecular complexity index is 1140. The Balaban J connectivity index is 1.97. The molecule has 0 bridgehead atoms. The molecule has 0 fully saturated rings. The molecule has 34 heavy (non-hydrogen) atoms. The number of anilines is 2. The zero-order valence-electron chi connectivity index (χ0n) is 19.2. The highest BCUT2D eigenvalue weighted by molar-refractivity contribution is 5.91. The third-order valence-corrected chi connectivity index (χ3v) is 4.72. The van der Waals surface area contributed by atoms with Crippen molar-refractivity contribution in [1.82, 2.24) is 15.0 Å². The first-order valence-corrected chi connectivity index (χ1v) is 10.2. The molecule has 0 atom stereocenters. The molecule has 0 saturated carbocycles. The first kappa shape index (κ1) is 25.2. The van der Waals surface area contributed by atoms with E-state index < -0.39 is 18.0 Å². The van der Waals surface area contributed by atoms with E-state index in [1.807, 2.05) is 0 Å². The minimum Gasteiger partial charge on any atom is -0.493 e. The molecule has 0 aliphatic carbocycles. The molecule has 3 rings (SSSR count). The number of fused-ring (bicyclic) bond motifs is 1. The van der Waals surface area contributed by atoms with Crippen molar-refractivity contribution in [1.29, 1.82) is 0 Å². The van der Waals surface area contributed by atoms with Crippen LogP contribution in [-0.2, 0) is 22.2 Å². The molecule has 184 valence electrons. The van der Waals surface area contributed by atoms with Gasteiger partial charge in [0.15, 0.2) is 11.5 Å². The van der Waals surface area contributed by atoms with E-state index in [0.29, 0.717) is 34.0 Å². The van der Waals surface area contributed by atoms with Gasteiger partial charge in [-0.3, -0.25) is 0 Å². The van der Waals surface area contributed by atoms with Crippen molar-refractivity contribution in [3.8, 4) is 11.5 Å². The number of benzene rings is 1. The van der Waals surface area contributed by atoms with Crippen molar-refractivity contribution in [2.45, 2.75) is 25.7 Å². The van der Waals surface area contributed by atoms with Gasteiger partial charge in [-0.05, 0) is 25.1 Å². The van der Waals surface area contributed by atoms with Crippen LogP contribution in [0.4, 0.5) is 24.7 Å². The molecule has 3 aromatic rings. The van der Waals surface area contributed by atoms with E-state index in [0.717, 1.165) is 6.07 Å². The topological polar surface area (TPSA) is 114 Å². The van der Waals surface area contributed by atoms with E-state index in [2.05, 4.69) is 20.3 Å². The highest BCUT2D eigenvalue weighted by Gasteiger charge is 2.33. The second kappa shape index (κ2) is 10.7. The number of pyridine rings is 1. The van der Waals surface area contributed by atoms with Crippen molar-refractivity contribution in [2.24, 2.45) is 0 Å². The maximum Gasteiger partial charge on any atom is 0.433 e. The fourth-order valence-corrected chi connectivity index (χ4v) is 3.33. The van der Waals surface area contributed by atoms with E-state index in [-0.39, 0.29) is 31.1 Å². The van der Waals surface area contributed by atoms with Crippen LogP contribution in [0.2, 0.25) is 0 Å². The maximum absolute atomic E-state index is 13.1. The maximum atomic E-state index is 13.1. The van der Waals surface area contributed by atoms with Crippen LogP contribution in [0.3, 0.4) is 0 Å². The summed E-state index contributed by atoms with van der Waals surface area (Å²) in [6, 6.07) is 5.56. The van der Waals surface area contributed by atoms with Crippen molar-refractivity contribution in [3.63, 3.8) is 0 Å². The molecule has 1 aromatic carbocycles. The second-order valence-electron chi connectivity index (χ2n) is 7.42.